The Labute approximate surface area is 190 Å². The number of anilines is 1. The summed E-state index contributed by atoms with van der Waals surface area (Å²) < 4.78 is 6.38. The Morgan fingerprint density at radius 2 is 1.80 bits per heavy atom. The Hall–Kier alpha value is -2.05. The Morgan fingerprint density at radius 3 is 2.47 bits per heavy atom. The van der Waals surface area contributed by atoms with Crippen molar-refractivity contribution in [3.05, 3.63) is 57.0 Å². The zero-order valence-electron chi connectivity index (χ0n) is 17.1. The molecule has 0 spiro atoms. The number of ether oxygens (including phenoxy) is 1. The number of amides is 2. The van der Waals surface area contributed by atoms with Gasteiger partial charge in [0.05, 0.1) is 21.2 Å². The van der Waals surface area contributed by atoms with Crippen molar-refractivity contribution >= 4 is 45.0 Å². The molecule has 160 valence electrons. The first-order valence-corrected chi connectivity index (χ1v) is 11.4. The smallest absolute Gasteiger partial charge is 0.255 e. The van der Waals surface area contributed by atoms with Crippen molar-refractivity contribution in [3.63, 3.8) is 0 Å². The van der Waals surface area contributed by atoms with Crippen LogP contribution in [-0.4, -0.2) is 24.0 Å². The molecule has 0 atom stereocenters. The molecular formula is C23H26BrClN2O3. The van der Waals surface area contributed by atoms with E-state index in [9.17, 15) is 9.59 Å². The molecule has 30 heavy (non-hydrogen) atoms. The fraction of sp³-hybridized carbons (Fsp3) is 0.391. The lowest BCUT2D eigenvalue weighted by molar-refractivity contribution is 0.0926. The summed E-state index contributed by atoms with van der Waals surface area (Å²) in [6.45, 7) is 3.88. The molecule has 0 aliphatic heterocycles. The van der Waals surface area contributed by atoms with Crippen LogP contribution in [0.3, 0.4) is 0 Å². The van der Waals surface area contributed by atoms with Crippen LogP contribution in [0.25, 0.3) is 0 Å². The monoisotopic (exact) mass is 492 g/mol. The highest BCUT2D eigenvalue weighted by Gasteiger charge is 2.19. The second kappa shape index (κ2) is 10.3. The van der Waals surface area contributed by atoms with E-state index in [1.165, 1.54) is 6.42 Å². The van der Waals surface area contributed by atoms with Crippen LogP contribution in [-0.2, 0) is 0 Å². The van der Waals surface area contributed by atoms with Gasteiger partial charge in [-0.25, -0.2) is 0 Å². The van der Waals surface area contributed by atoms with Crippen LogP contribution in [0, 0.1) is 0 Å². The normalized spacial score (nSPS) is 14.4. The zero-order chi connectivity index (χ0) is 21.7. The third-order valence-corrected chi connectivity index (χ3v) is 5.92. The van der Waals surface area contributed by atoms with Crippen molar-refractivity contribution in [2.75, 3.05) is 5.32 Å². The number of hydrogen-bond donors (Lipinski definition) is 2. The van der Waals surface area contributed by atoms with Crippen molar-refractivity contribution in [1.29, 1.82) is 0 Å². The van der Waals surface area contributed by atoms with Crippen molar-refractivity contribution in [3.8, 4) is 5.75 Å². The van der Waals surface area contributed by atoms with Crippen LogP contribution in [0.15, 0.2) is 40.9 Å². The molecule has 5 nitrogen and oxygen atoms in total. The quantitative estimate of drug-likeness (QED) is 0.503. The minimum Gasteiger partial charge on any atom is -0.490 e. The number of benzene rings is 2. The summed E-state index contributed by atoms with van der Waals surface area (Å²) in [7, 11) is 0. The molecule has 1 aliphatic rings. The van der Waals surface area contributed by atoms with Gasteiger partial charge in [-0.05, 0) is 79.0 Å². The van der Waals surface area contributed by atoms with Crippen LogP contribution in [0.2, 0.25) is 5.02 Å². The van der Waals surface area contributed by atoms with Crippen LogP contribution in [0.1, 0.15) is 66.7 Å². The van der Waals surface area contributed by atoms with Gasteiger partial charge in [0.2, 0.25) is 0 Å². The molecule has 0 radical (unpaired) electrons. The van der Waals surface area contributed by atoms with Gasteiger partial charge in [0.25, 0.3) is 11.8 Å². The number of hydrogen-bond acceptors (Lipinski definition) is 3. The summed E-state index contributed by atoms with van der Waals surface area (Å²) in [6.07, 6.45) is 5.50. The highest BCUT2D eigenvalue weighted by Crippen LogP contribution is 2.28. The lowest BCUT2D eigenvalue weighted by Crippen LogP contribution is -2.36. The lowest BCUT2D eigenvalue weighted by atomic mass is 9.95. The largest absolute Gasteiger partial charge is 0.490 e. The first-order valence-electron chi connectivity index (χ1n) is 10.2. The fourth-order valence-electron chi connectivity index (χ4n) is 3.48. The molecule has 0 saturated heterocycles. The summed E-state index contributed by atoms with van der Waals surface area (Å²) in [5.41, 5.74) is 1.35. The number of rotatable bonds is 6. The van der Waals surface area contributed by atoms with Gasteiger partial charge in [-0.15, -0.1) is 0 Å². The van der Waals surface area contributed by atoms with E-state index in [-0.39, 0.29) is 24.0 Å². The Kier molecular flexibility index (Phi) is 7.78. The summed E-state index contributed by atoms with van der Waals surface area (Å²) in [4.78, 5) is 25.4. The van der Waals surface area contributed by atoms with Gasteiger partial charge in [-0.2, -0.15) is 0 Å². The standard InChI is InChI=1S/C23H26BrClN2O3/c1-14(2)30-21-11-8-15(12-19(21)24)22(28)27-17-9-10-20(25)18(13-17)23(29)26-16-6-4-3-5-7-16/h8-14,16H,3-7H2,1-2H3,(H,26,29)(H,27,28). The molecule has 2 N–H and O–H groups in total. The highest BCUT2D eigenvalue weighted by atomic mass is 79.9. The van der Waals surface area contributed by atoms with Crippen LogP contribution < -0.4 is 15.4 Å². The molecule has 3 rings (SSSR count). The molecule has 1 saturated carbocycles. The zero-order valence-corrected chi connectivity index (χ0v) is 19.5. The van der Waals surface area contributed by atoms with Gasteiger partial charge in [0, 0.05) is 17.3 Å². The summed E-state index contributed by atoms with van der Waals surface area (Å²) in [5, 5.41) is 6.25. The van der Waals surface area contributed by atoms with Gasteiger partial charge >= 0.3 is 0 Å². The minimum absolute atomic E-state index is 0.0354. The average molecular weight is 494 g/mol. The third kappa shape index (κ3) is 5.99. The molecule has 0 aromatic heterocycles. The highest BCUT2D eigenvalue weighted by molar-refractivity contribution is 9.10. The maximum atomic E-state index is 12.7. The van der Waals surface area contributed by atoms with Gasteiger partial charge in [0.15, 0.2) is 0 Å². The van der Waals surface area contributed by atoms with Crippen molar-refractivity contribution in [1.82, 2.24) is 5.32 Å². The van der Waals surface area contributed by atoms with Crippen molar-refractivity contribution in [2.45, 2.75) is 58.1 Å². The summed E-state index contributed by atoms with van der Waals surface area (Å²) >= 11 is 9.69. The molecule has 0 bridgehead atoms. The molecule has 2 aromatic rings. The lowest BCUT2D eigenvalue weighted by Gasteiger charge is -2.23. The van der Waals surface area contributed by atoms with Gasteiger partial charge < -0.3 is 15.4 Å². The van der Waals surface area contributed by atoms with E-state index in [1.54, 1.807) is 36.4 Å². The van der Waals surface area contributed by atoms with Crippen molar-refractivity contribution < 1.29 is 14.3 Å². The van der Waals surface area contributed by atoms with Gasteiger partial charge in [-0.1, -0.05) is 30.9 Å². The van der Waals surface area contributed by atoms with Crippen LogP contribution in [0.5, 0.6) is 5.75 Å². The number of carbonyl (C=O) groups is 2. The van der Waals surface area contributed by atoms with Crippen molar-refractivity contribution in [2.24, 2.45) is 0 Å². The topological polar surface area (TPSA) is 67.4 Å². The van der Waals surface area contributed by atoms with E-state index in [1.807, 2.05) is 13.8 Å². The van der Waals surface area contributed by atoms with E-state index in [2.05, 4.69) is 26.6 Å². The maximum Gasteiger partial charge on any atom is 0.255 e. The van der Waals surface area contributed by atoms with E-state index in [4.69, 9.17) is 16.3 Å². The Morgan fingerprint density at radius 1 is 1.07 bits per heavy atom. The Balaban J connectivity index is 1.70. The molecule has 1 fully saturated rings. The predicted octanol–water partition coefficient (Wildman–Crippen LogP) is 6.20. The summed E-state index contributed by atoms with van der Waals surface area (Å²) in [5.74, 6) is 0.184. The Bertz CT molecular complexity index is 927. The van der Waals surface area contributed by atoms with E-state index in [0.717, 1.165) is 25.7 Å². The van der Waals surface area contributed by atoms with Crippen LogP contribution >= 0.6 is 27.5 Å². The first kappa shape index (κ1) is 22.6. The fourth-order valence-corrected chi connectivity index (χ4v) is 4.16. The van der Waals surface area contributed by atoms with Crippen LogP contribution in [0.4, 0.5) is 5.69 Å². The first-order chi connectivity index (χ1) is 14.3. The van der Waals surface area contributed by atoms with Gasteiger partial charge in [0.1, 0.15) is 5.75 Å². The number of halogens is 2. The number of nitrogens with one attached hydrogen (secondary N) is 2. The van der Waals surface area contributed by atoms with E-state index < -0.39 is 0 Å². The molecule has 7 heteroatoms. The van der Waals surface area contributed by atoms with E-state index in [0.29, 0.717) is 32.1 Å². The second-order valence-corrected chi connectivity index (χ2v) is 9.03. The molecular weight excluding hydrogens is 468 g/mol. The predicted molar refractivity (Wildman–Crippen MR) is 124 cm³/mol. The van der Waals surface area contributed by atoms with E-state index >= 15 is 0 Å². The summed E-state index contributed by atoms with van der Waals surface area (Å²) in [6, 6.07) is 10.3. The maximum absolute atomic E-state index is 12.7. The third-order valence-electron chi connectivity index (χ3n) is 4.97. The van der Waals surface area contributed by atoms with Gasteiger partial charge in [-0.3, -0.25) is 9.59 Å². The minimum atomic E-state index is -0.284. The molecule has 2 amide bonds. The number of carbonyl (C=O) groups excluding carboxylic acids is 2. The second-order valence-electron chi connectivity index (χ2n) is 7.77. The average Bonchev–Trinajstić information content (AvgIpc) is 2.71. The molecule has 0 unspecified atom stereocenters. The molecule has 0 heterocycles. The molecule has 1 aliphatic carbocycles. The SMILES string of the molecule is CC(C)Oc1ccc(C(=O)Nc2ccc(Cl)c(C(=O)NC3CCCCC3)c2)cc1Br. The molecule has 2 aromatic carbocycles.